The molecule has 24 rings (SSSR count). The van der Waals surface area contributed by atoms with Crippen LogP contribution in [-0.4, -0.2) is 155 Å². The lowest BCUT2D eigenvalue weighted by atomic mass is 9.38. The minimum atomic E-state index is -0.794. The van der Waals surface area contributed by atoms with Crippen molar-refractivity contribution in [3.05, 3.63) is 217 Å². The van der Waals surface area contributed by atoms with Gasteiger partial charge in [0.05, 0.1) is 60.5 Å². The molecular weight excluding hydrogens is 1690 g/mol. The Balaban J connectivity index is 0.000000110. The number of carbonyl (C=O) groups is 6. The molecule has 5 amide bonds. The fourth-order valence-corrected chi connectivity index (χ4v) is 23.0. The van der Waals surface area contributed by atoms with Crippen LogP contribution in [0.4, 0.5) is 10.5 Å². The number of hydrogen-bond donors (Lipinski definition) is 6. The van der Waals surface area contributed by atoms with Gasteiger partial charge in [-0.15, -0.1) is 0 Å². The number of ether oxygens (including phenoxy) is 5. The number of rotatable bonds is 18. The zero-order valence-electron chi connectivity index (χ0n) is 70.8. The van der Waals surface area contributed by atoms with Crippen LogP contribution < -0.4 is 34.5 Å². The summed E-state index contributed by atoms with van der Waals surface area (Å²) in [5, 5.41) is 54.7. The number of ketones is 2. The molecule has 0 radical (unpaired) electrons. The van der Waals surface area contributed by atoms with E-state index in [0.717, 1.165) is 120 Å². The molecule has 0 unspecified atom stereocenters. The number of halogens is 4. The number of anilines is 1. The van der Waals surface area contributed by atoms with Gasteiger partial charge in [0.25, 0.3) is 11.8 Å². The van der Waals surface area contributed by atoms with E-state index in [2.05, 4.69) is 62.8 Å². The summed E-state index contributed by atoms with van der Waals surface area (Å²) in [5.41, 5.74) is 7.15. The predicted octanol–water partition coefficient (Wildman–Crippen LogP) is 17.1. The molecule has 0 spiro atoms. The fourth-order valence-electron chi connectivity index (χ4n) is 22.2. The largest absolute Gasteiger partial charge is 0.482 e. The first-order valence-corrected chi connectivity index (χ1v) is 46.5. The van der Waals surface area contributed by atoms with Crippen molar-refractivity contribution in [2.75, 3.05) is 37.7 Å². The molecule has 12 fully saturated rings. The molecule has 10 atom stereocenters. The van der Waals surface area contributed by atoms with Crippen LogP contribution in [-0.2, 0) is 34.2 Å². The first kappa shape index (κ1) is 86.3. The van der Waals surface area contributed by atoms with Gasteiger partial charge < -0.3 is 69.0 Å². The highest BCUT2D eigenvalue weighted by Gasteiger charge is 2.73. The molecule has 8 aromatic rings. The molecule has 6 aromatic carbocycles. The van der Waals surface area contributed by atoms with Crippen molar-refractivity contribution in [1.82, 2.24) is 35.2 Å². The van der Waals surface area contributed by atoms with E-state index in [9.17, 15) is 49.2 Å². The Morgan fingerprint density at radius 1 is 0.548 bits per heavy atom. The van der Waals surface area contributed by atoms with Crippen molar-refractivity contribution in [3.8, 4) is 23.0 Å². The lowest BCUT2D eigenvalue weighted by Crippen LogP contribution is -2.84. The second kappa shape index (κ2) is 35.1. The van der Waals surface area contributed by atoms with Gasteiger partial charge in [-0.3, -0.25) is 33.6 Å². The van der Waals surface area contributed by atoms with E-state index in [1.807, 2.05) is 64.3 Å². The van der Waals surface area contributed by atoms with Crippen LogP contribution in [0.5, 0.6) is 23.0 Å². The molecule has 16 aliphatic rings. The van der Waals surface area contributed by atoms with Gasteiger partial charge >= 0.3 is 6.03 Å². The summed E-state index contributed by atoms with van der Waals surface area (Å²) in [7, 11) is 0. The first-order valence-electron chi connectivity index (χ1n) is 45.0. The van der Waals surface area contributed by atoms with Crippen LogP contribution >= 0.6 is 46.4 Å². The van der Waals surface area contributed by atoms with Crippen molar-refractivity contribution in [2.24, 2.45) is 23.2 Å². The van der Waals surface area contributed by atoms with E-state index in [-0.39, 0.29) is 101 Å². The first-order chi connectivity index (χ1) is 60.7. The summed E-state index contributed by atoms with van der Waals surface area (Å²) in [6.07, 6.45) is 18.7. The van der Waals surface area contributed by atoms with Crippen LogP contribution in [0, 0.1) is 30.1 Å². The van der Waals surface area contributed by atoms with E-state index in [0.29, 0.717) is 128 Å². The van der Waals surface area contributed by atoms with Crippen LogP contribution in [0.15, 0.2) is 150 Å². The summed E-state index contributed by atoms with van der Waals surface area (Å²) in [4.78, 5) is 87.8. The topological polar surface area (TPSA) is 307 Å². The molecule has 3 saturated heterocycles. The van der Waals surface area contributed by atoms with Crippen LogP contribution in [0.25, 0.3) is 0 Å². The van der Waals surface area contributed by atoms with E-state index >= 15 is 0 Å². The summed E-state index contributed by atoms with van der Waals surface area (Å²) >= 11 is 24.0. The number of carbonyl (C=O) groups excluding carboxylic acids is 6. The van der Waals surface area contributed by atoms with Crippen molar-refractivity contribution < 1.29 is 77.3 Å². The number of likely N-dealkylation sites (tertiary alicyclic amines) is 1. The average Bonchev–Trinajstić information content (AvgIpc) is 1.10. The lowest BCUT2D eigenvalue weighted by molar-refractivity contribution is -0.200. The third-order valence-electron chi connectivity index (χ3n) is 29.5. The maximum absolute atomic E-state index is 13.1. The quantitative estimate of drug-likeness (QED) is 0.0465. The standard InChI is InChI=1S/C27H30ClNO4.C25H26ClN3O4.C23H27ClN2O5.C23H25ClN2O3/c28-21-10-11-25-22(13-21)23(30)14-26(33-25)24(31)12-17-6-8-19(9-7-17)27(32)29-15-20(16-29)18-4-2-1-3-5-18;1-15-2-5-17(6-3-15)28-8-9-29(23(28)32)25-12-24(13-25,14-25)27-22(31)21-11-19(30)18-10-16(26)4-7-20(18)33-21;1-12-6-13(7-12)21-10-25-23(31-21)19-5-3-15(11-29-19)26-22(28)20-9-17(27)16-8-14(24)2-4-18(16)30-20;24-16-4-5-20-17(6-16)18(27)7-21(29-20)19(28)8-22-11-23(12-22,13-22)26-10-15(9-25-26)14-2-1-3-14/h1-5,10-11,13,17,19-20,23,26,30H,6-9,12,14-16H2;2-7,10,19,21,30H,8-9,11-14H2,1H3,(H,27,31);2,4,8,10,12-13,15,17,19-20,27H,3,5-7,9,11H2,1H3,(H,26,28);4-6,9-10,14,18,21,27H,1-3,7-8,11-13H2/t17?,19?,23-,26-;19-,21-,24?,25?;12?,13?,15-,17-,19+,20-;18-,21+,22?,23?/m1111/s1. The smallest absolute Gasteiger partial charge is 0.325 e. The van der Waals surface area contributed by atoms with Gasteiger partial charge in [-0.05, 0) is 229 Å². The number of nitrogens with zero attached hydrogens (tertiary/aromatic N) is 6. The third kappa shape index (κ3) is 17.5. The number of fused-ring (bicyclic) bond motifs is 4. The number of hydrogen-bond acceptors (Lipinski definition) is 18. The van der Waals surface area contributed by atoms with E-state index in [1.54, 1.807) is 72.8 Å². The Labute approximate surface area is 752 Å². The van der Waals surface area contributed by atoms with Gasteiger partial charge in [0.2, 0.25) is 11.8 Å². The van der Waals surface area contributed by atoms with Gasteiger partial charge in [0.15, 0.2) is 36.0 Å². The Morgan fingerprint density at radius 2 is 1.09 bits per heavy atom. The highest BCUT2D eigenvalue weighted by molar-refractivity contribution is 6.31. The third-order valence-corrected chi connectivity index (χ3v) is 30.4. The molecule has 126 heavy (non-hydrogen) atoms. The molecule has 7 aliphatic heterocycles. The summed E-state index contributed by atoms with van der Waals surface area (Å²) in [6, 6.07) is 38.8. The Kier molecular flexibility index (Phi) is 24.0. The molecule has 9 heterocycles. The van der Waals surface area contributed by atoms with E-state index < -0.39 is 48.8 Å². The van der Waals surface area contributed by atoms with Gasteiger partial charge in [-0.2, -0.15) is 5.10 Å². The van der Waals surface area contributed by atoms with Crippen LogP contribution in [0.2, 0.25) is 20.1 Å². The normalized spacial score (nSPS) is 31.5. The molecule has 664 valence electrons. The number of oxazole rings is 1. The van der Waals surface area contributed by atoms with E-state index in [1.165, 1.54) is 36.0 Å². The van der Waals surface area contributed by atoms with Gasteiger partial charge in [-0.1, -0.05) is 108 Å². The number of Topliss-reactive ketones (excluding diaryl/α,β-unsaturated/α-hetero) is 2. The zero-order valence-corrected chi connectivity index (χ0v) is 73.8. The van der Waals surface area contributed by atoms with Crippen molar-refractivity contribution >= 4 is 87.4 Å². The van der Waals surface area contributed by atoms with Crippen molar-refractivity contribution in [1.29, 1.82) is 0 Å². The summed E-state index contributed by atoms with van der Waals surface area (Å²) in [5.74, 6) is 6.41. The molecule has 4 bridgehead atoms. The van der Waals surface area contributed by atoms with Crippen LogP contribution in [0.3, 0.4) is 0 Å². The minimum absolute atomic E-state index is 0.0397. The molecule has 2 aromatic heterocycles. The van der Waals surface area contributed by atoms with Gasteiger partial charge in [0, 0.05) is 142 Å². The second-order valence-electron chi connectivity index (χ2n) is 38.6. The molecule has 28 heteroatoms. The zero-order chi connectivity index (χ0) is 87.2. The fraction of sp³-hybridized carbons (Fsp3) is 0.510. The van der Waals surface area contributed by atoms with Crippen molar-refractivity contribution in [2.45, 2.75) is 257 Å². The average molecular weight is 1800 g/mol. The molecule has 9 saturated carbocycles. The Hall–Kier alpha value is -9.08. The highest BCUT2D eigenvalue weighted by atomic mass is 35.5. The lowest BCUT2D eigenvalue weighted by Gasteiger charge is -2.72. The molecule has 6 N–H and O–H groups in total. The van der Waals surface area contributed by atoms with Crippen molar-refractivity contribution in [3.63, 3.8) is 0 Å². The second-order valence-corrected chi connectivity index (χ2v) is 40.3. The predicted molar refractivity (Wildman–Crippen MR) is 471 cm³/mol. The molecule has 9 aliphatic carbocycles. The number of benzene rings is 6. The molecule has 24 nitrogen and oxygen atoms in total. The number of nitrogens with one attached hydrogen (secondary N) is 2. The number of aromatic nitrogens is 3. The number of aliphatic hydroxyl groups is 4. The number of amides is 5. The number of urea groups is 1. The van der Waals surface area contributed by atoms with E-state index in [4.69, 9.17) is 74.5 Å². The maximum Gasteiger partial charge on any atom is 0.325 e. The number of aryl methyl sites for hydroxylation is 1. The minimum Gasteiger partial charge on any atom is -0.482 e. The Bertz CT molecular complexity index is 5390. The summed E-state index contributed by atoms with van der Waals surface area (Å²) in [6.45, 7) is 7.68. The number of aliphatic hydroxyl groups excluding tert-OH is 4. The highest BCUT2D eigenvalue weighted by Crippen LogP contribution is 2.73. The maximum atomic E-state index is 13.1. The monoisotopic (exact) mass is 1790 g/mol. The van der Waals surface area contributed by atoms with Gasteiger partial charge in [0.1, 0.15) is 34.9 Å². The van der Waals surface area contributed by atoms with Crippen LogP contribution in [0.1, 0.15) is 253 Å². The van der Waals surface area contributed by atoms with Gasteiger partial charge in [-0.25, -0.2) is 9.78 Å². The Morgan fingerprint density at radius 3 is 1.62 bits per heavy atom. The SMILES string of the molecule is CC1CC(c2cnc([C@@H]3CC[C@@H](NC(=O)[C@H]4C[C@@H](O)c5cc(Cl)ccc5O4)CO3)o2)C1.Cc1ccc(N2CCN(C34CC(NC(=O)[C@H]5C[C@@H](O)c6cc(Cl)ccc6O5)(C3)C4)C2=O)cc1.O=C(CC12CC(n3cc(C4CCC4)cn3)(C1)C2)[C@@H]1C[C@@H](O)c2cc(Cl)ccc2O1.O=C(CC1CCC(C(=O)N2CC(c3ccccc3)C2)CC1)[C@H]1C[C@@H](O)c2cc(Cl)ccc2O1. The molecular formula is C98H108Cl4N8O16. The summed E-state index contributed by atoms with van der Waals surface area (Å²) < 4.78 is 37.6.